The fourth-order valence-corrected chi connectivity index (χ4v) is 3.29. The second-order valence-corrected chi connectivity index (χ2v) is 6.82. The standard InChI is InChI=1S/C24H25N3O2/c1-27(21-14-8-13-20(17-21)23(28)29)24(25)26-16-15-22(18-9-4-2-5-10-18)19-11-6-3-7-12-19/h2-14,17,22H,15-16H2,1H3,(H2,25,26)(H,28,29). The quantitative estimate of drug-likeness (QED) is 0.466. The van der Waals surface area contributed by atoms with E-state index in [1.807, 2.05) is 42.5 Å². The van der Waals surface area contributed by atoms with E-state index in [4.69, 9.17) is 10.8 Å². The number of carbonyl (C=O) groups is 1. The summed E-state index contributed by atoms with van der Waals surface area (Å²) in [7, 11) is 1.78. The minimum Gasteiger partial charge on any atom is -0.478 e. The van der Waals surface area contributed by atoms with Crippen molar-refractivity contribution in [3.8, 4) is 0 Å². The summed E-state index contributed by atoms with van der Waals surface area (Å²) in [6.45, 7) is 0.559. The maximum Gasteiger partial charge on any atom is 0.335 e. The monoisotopic (exact) mass is 387 g/mol. The van der Waals surface area contributed by atoms with Crippen molar-refractivity contribution in [3.05, 3.63) is 102 Å². The van der Waals surface area contributed by atoms with Gasteiger partial charge in [0.2, 0.25) is 0 Å². The Morgan fingerprint density at radius 1 is 0.966 bits per heavy atom. The van der Waals surface area contributed by atoms with Gasteiger partial charge in [0.25, 0.3) is 0 Å². The molecule has 0 heterocycles. The smallest absolute Gasteiger partial charge is 0.335 e. The molecule has 0 aliphatic rings. The van der Waals surface area contributed by atoms with E-state index < -0.39 is 5.97 Å². The first kappa shape index (κ1) is 20.1. The number of benzene rings is 3. The van der Waals surface area contributed by atoms with Crippen LogP contribution in [-0.4, -0.2) is 30.6 Å². The van der Waals surface area contributed by atoms with Gasteiger partial charge in [-0.15, -0.1) is 0 Å². The van der Waals surface area contributed by atoms with Crippen molar-refractivity contribution in [1.82, 2.24) is 0 Å². The molecule has 0 saturated heterocycles. The number of nitrogens with two attached hydrogens (primary N) is 1. The summed E-state index contributed by atoms with van der Waals surface area (Å²) in [5.41, 5.74) is 9.56. The molecule has 0 amide bonds. The molecule has 3 aromatic carbocycles. The summed E-state index contributed by atoms with van der Waals surface area (Å²) in [5.74, 6) is -0.383. The normalized spacial score (nSPS) is 11.4. The Hall–Kier alpha value is -3.60. The summed E-state index contributed by atoms with van der Waals surface area (Å²) in [4.78, 5) is 17.4. The second kappa shape index (κ2) is 9.55. The Balaban J connectivity index is 1.73. The third-order valence-electron chi connectivity index (χ3n) is 4.92. The van der Waals surface area contributed by atoms with Crippen LogP contribution < -0.4 is 10.6 Å². The van der Waals surface area contributed by atoms with Crippen molar-refractivity contribution in [2.75, 3.05) is 18.5 Å². The Morgan fingerprint density at radius 2 is 1.55 bits per heavy atom. The highest BCUT2D eigenvalue weighted by Crippen LogP contribution is 2.27. The van der Waals surface area contributed by atoms with E-state index in [-0.39, 0.29) is 11.5 Å². The zero-order valence-corrected chi connectivity index (χ0v) is 16.4. The van der Waals surface area contributed by atoms with Crippen LogP contribution in [-0.2, 0) is 0 Å². The van der Waals surface area contributed by atoms with Crippen molar-refractivity contribution in [2.24, 2.45) is 10.7 Å². The van der Waals surface area contributed by atoms with Crippen LogP contribution >= 0.6 is 0 Å². The number of carboxylic acids is 1. The zero-order chi connectivity index (χ0) is 20.6. The first-order valence-corrected chi connectivity index (χ1v) is 9.53. The lowest BCUT2D eigenvalue weighted by Crippen LogP contribution is -2.34. The molecule has 5 nitrogen and oxygen atoms in total. The number of hydrogen-bond donors (Lipinski definition) is 2. The predicted octanol–water partition coefficient (Wildman–Crippen LogP) is 4.36. The predicted molar refractivity (Wildman–Crippen MR) is 118 cm³/mol. The number of aromatic carboxylic acids is 1. The van der Waals surface area contributed by atoms with Gasteiger partial charge in [0.1, 0.15) is 0 Å². The Kier molecular flexibility index (Phi) is 6.63. The van der Waals surface area contributed by atoms with Crippen molar-refractivity contribution in [1.29, 1.82) is 0 Å². The SMILES string of the molecule is CN(C(N)=NCCC(c1ccccc1)c1ccccc1)c1cccc(C(=O)O)c1. The van der Waals surface area contributed by atoms with E-state index in [1.165, 1.54) is 11.1 Å². The molecule has 0 saturated carbocycles. The molecule has 3 N–H and O–H groups in total. The summed E-state index contributed by atoms with van der Waals surface area (Å²) < 4.78 is 0. The lowest BCUT2D eigenvalue weighted by Gasteiger charge is -2.20. The van der Waals surface area contributed by atoms with Gasteiger partial charge in [0.05, 0.1) is 5.56 Å². The van der Waals surface area contributed by atoms with Crippen molar-refractivity contribution in [2.45, 2.75) is 12.3 Å². The molecule has 0 aliphatic heterocycles. The number of rotatable bonds is 7. The number of hydrogen-bond acceptors (Lipinski definition) is 2. The van der Waals surface area contributed by atoms with Crippen molar-refractivity contribution < 1.29 is 9.90 Å². The Labute approximate surface area is 171 Å². The van der Waals surface area contributed by atoms with E-state index in [1.54, 1.807) is 30.1 Å². The number of carboxylic acid groups (broad SMARTS) is 1. The molecule has 0 unspecified atom stereocenters. The van der Waals surface area contributed by atoms with Crippen LogP contribution in [0.25, 0.3) is 0 Å². The highest BCUT2D eigenvalue weighted by Gasteiger charge is 2.14. The van der Waals surface area contributed by atoms with E-state index >= 15 is 0 Å². The number of aliphatic imine (C=N–C) groups is 1. The number of guanidine groups is 1. The minimum atomic E-state index is -0.968. The molecule has 148 valence electrons. The van der Waals surface area contributed by atoms with Gasteiger partial charge in [-0.05, 0) is 35.7 Å². The van der Waals surface area contributed by atoms with Crippen molar-refractivity contribution in [3.63, 3.8) is 0 Å². The van der Waals surface area contributed by atoms with Gasteiger partial charge in [0.15, 0.2) is 5.96 Å². The maximum absolute atomic E-state index is 11.2. The molecule has 0 atom stereocenters. The molecule has 3 aromatic rings. The molecule has 0 radical (unpaired) electrons. The third kappa shape index (κ3) is 5.23. The molecular weight excluding hydrogens is 362 g/mol. The number of anilines is 1. The molecule has 5 heteroatoms. The highest BCUT2D eigenvalue weighted by atomic mass is 16.4. The molecule has 0 fully saturated rings. The maximum atomic E-state index is 11.2. The van der Waals surface area contributed by atoms with Gasteiger partial charge in [-0.2, -0.15) is 0 Å². The first-order chi connectivity index (χ1) is 14.1. The summed E-state index contributed by atoms with van der Waals surface area (Å²) >= 11 is 0. The van der Waals surface area contributed by atoms with Gasteiger partial charge in [-0.3, -0.25) is 4.99 Å². The highest BCUT2D eigenvalue weighted by molar-refractivity contribution is 5.96. The number of nitrogens with zero attached hydrogens (tertiary/aromatic N) is 2. The Morgan fingerprint density at radius 3 is 2.10 bits per heavy atom. The lowest BCUT2D eigenvalue weighted by atomic mass is 9.89. The fourth-order valence-electron chi connectivity index (χ4n) is 3.29. The largest absolute Gasteiger partial charge is 0.478 e. The van der Waals surface area contributed by atoms with Crippen LogP contribution in [0.3, 0.4) is 0 Å². The van der Waals surface area contributed by atoms with Gasteiger partial charge in [-0.25, -0.2) is 4.79 Å². The molecular formula is C24H25N3O2. The van der Waals surface area contributed by atoms with Gasteiger partial charge in [0, 0.05) is 25.2 Å². The van der Waals surface area contributed by atoms with Crippen LogP contribution in [0.5, 0.6) is 0 Å². The molecule has 0 aliphatic carbocycles. The second-order valence-electron chi connectivity index (χ2n) is 6.82. The van der Waals surface area contributed by atoms with Gasteiger partial charge < -0.3 is 15.7 Å². The molecule has 0 aromatic heterocycles. The average Bonchev–Trinajstić information content (AvgIpc) is 2.77. The lowest BCUT2D eigenvalue weighted by molar-refractivity contribution is 0.0697. The van der Waals surface area contributed by atoms with E-state index in [0.717, 1.165) is 6.42 Å². The summed E-state index contributed by atoms with van der Waals surface area (Å²) in [6.07, 6.45) is 0.817. The van der Waals surface area contributed by atoms with Crippen LogP contribution in [0.4, 0.5) is 5.69 Å². The van der Waals surface area contributed by atoms with Crippen molar-refractivity contribution >= 4 is 17.6 Å². The topological polar surface area (TPSA) is 78.9 Å². The van der Waals surface area contributed by atoms with E-state index in [9.17, 15) is 4.79 Å². The van der Waals surface area contributed by atoms with Crippen LogP contribution in [0.2, 0.25) is 0 Å². The zero-order valence-electron chi connectivity index (χ0n) is 16.4. The average molecular weight is 387 g/mol. The van der Waals surface area contributed by atoms with E-state index in [2.05, 4.69) is 29.3 Å². The minimum absolute atomic E-state index is 0.218. The van der Waals surface area contributed by atoms with Gasteiger partial charge in [-0.1, -0.05) is 66.7 Å². The fraction of sp³-hybridized carbons (Fsp3) is 0.167. The molecule has 0 bridgehead atoms. The molecule has 29 heavy (non-hydrogen) atoms. The summed E-state index contributed by atoms with van der Waals surface area (Å²) in [5, 5.41) is 9.17. The molecule has 0 spiro atoms. The van der Waals surface area contributed by atoms with Crippen LogP contribution in [0.1, 0.15) is 33.8 Å². The van der Waals surface area contributed by atoms with Gasteiger partial charge >= 0.3 is 5.97 Å². The van der Waals surface area contributed by atoms with E-state index in [0.29, 0.717) is 18.2 Å². The molecule has 3 rings (SSSR count). The van der Waals surface area contributed by atoms with Crippen LogP contribution in [0.15, 0.2) is 89.9 Å². The first-order valence-electron chi connectivity index (χ1n) is 9.53. The summed E-state index contributed by atoms with van der Waals surface area (Å²) in [6, 6.07) is 27.4. The van der Waals surface area contributed by atoms with Crippen LogP contribution in [0, 0.1) is 0 Å². The Bertz CT molecular complexity index is 932. The third-order valence-corrected chi connectivity index (χ3v) is 4.92.